The topological polar surface area (TPSA) is 35.0 Å². The highest BCUT2D eigenvalue weighted by Crippen LogP contribution is 2.35. The summed E-state index contributed by atoms with van der Waals surface area (Å²) in [5.74, 6) is 0.542. The van der Waals surface area contributed by atoms with Gasteiger partial charge < -0.3 is 4.74 Å². The minimum absolute atomic E-state index is 0.117. The largest absolute Gasteiger partial charge is 0.373 e. The van der Waals surface area contributed by atoms with Crippen LogP contribution in [0.15, 0.2) is 0 Å². The van der Waals surface area contributed by atoms with Crippen molar-refractivity contribution < 1.29 is 4.74 Å². The molecule has 0 bridgehead atoms. The molecule has 0 aliphatic carbocycles. The monoisotopic (exact) mass is 290 g/mol. The van der Waals surface area contributed by atoms with Crippen molar-refractivity contribution in [2.45, 2.75) is 46.6 Å². The zero-order valence-corrected chi connectivity index (χ0v) is 13.1. The molecular formula is C13H20Cl2N2O. The van der Waals surface area contributed by atoms with Gasteiger partial charge in [0.05, 0.1) is 0 Å². The third-order valence-corrected chi connectivity index (χ3v) is 3.31. The van der Waals surface area contributed by atoms with E-state index in [-0.39, 0.29) is 11.5 Å². The minimum Gasteiger partial charge on any atom is -0.373 e. The molecule has 0 amide bonds. The van der Waals surface area contributed by atoms with E-state index < -0.39 is 0 Å². The molecule has 0 fully saturated rings. The summed E-state index contributed by atoms with van der Waals surface area (Å²) < 4.78 is 5.47. The van der Waals surface area contributed by atoms with Crippen LogP contribution < -0.4 is 0 Å². The van der Waals surface area contributed by atoms with Crippen molar-refractivity contribution >= 4 is 23.2 Å². The maximum atomic E-state index is 6.17. The molecule has 0 spiro atoms. The first-order valence-corrected chi connectivity index (χ1v) is 6.81. The molecule has 102 valence electrons. The van der Waals surface area contributed by atoms with Gasteiger partial charge in [0.15, 0.2) is 5.82 Å². The summed E-state index contributed by atoms with van der Waals surface area (Å²) in [7, 11) is 1.64. The van der Waals surface area contributed by atoms with E-state index in [1.54, 1.807) is 7.11 Å². The van der Waals surface area contributed by atoms with Crippen LogP contribution in [0.4, 0.5) is 0 Å². The molecule has 1 aromatic rings. The number of nitrogens with zero attached hydrogens (tertiary/aromatic N) is 2. The van der Waals surface area contributed by atoms with Gasteiger partial charge in [0, 0.05) is 12.7 Å². The van der Waals surface area contributed by atoms with Crippen LogP contribution in [0.25, 0.3) is 0 Å². The minimum atomic E-state index is -0.233. The van der Waals surface area contributed by atoms with Crippen LogP contribution in [0.2, 0.25) is 10.3 Å². The zero-order chi connectivity index (χ0) is 13.9. The molecule has 1 heterocycles. The molecule has 0 aliphatic rings. The first-order chi connectivity index (χ1) is 8.31. The highest BCUT2D eigenvalue weighted by molar-refractivity contribution is 6.34. The number of ether oxygens (including phenoxy) is 1. The number of methoxy groups -OCH3 is 1. The Morgan fingerprint density at radius 2 is 1.67 bits per heavy atom. The Kier molecular flexibility index (Phi) is 5.38. The van der Waals surface area contributed by atoms with E-state index >= 15 is 0 Å². The molecule has 0 N–H and O–H groups in total. The SMILES string of the molecule is CCCc1c(Cl)nc(C(OC)C(C)(C)C)nc1Cl. The summed E-state index contributed by atoms with van der Waals surface area (Å²) in [4.78, 5) is 8.67. The van der Waals surface area contributed by atoms with Gasteiger partial charge in [-0.3, -0.25) is 0 Å². The molecule has 0 saturated heterocycles. The van der Waals surface area contributed by atoms with Crippen molar-refractivity contribution in [3.63, 3.8) is 0 Å². The Bertz CT molecular complexity index is 393. The van der Waals surface area contributed by atoms with Gasteiger partial charge >= 0.3 is 0 Å². The number of hydrogen-bond acceptors (Lipinski definition) is 3. The van der Waals surface area contributed by atoms with Gasteiger partial charge in [-0.15, -0.1) is 0 Å². The van der Waals surface area contributed by atoms with E-state index in [1.165, 1.54) is 0 Å². The summed E-state index contributed by atoms with van der Waals surface area (Å²) in [6.07, 6.45) is 1.50. The molecule has 1 unspecified atom stereocenters. The van der Waals surface area contributed by atoms with Gasteiger partial charge in [0.25, 0.3) is 0 Å². The normalized spacial score (nSPS) is 13.7. The van der Waals surface area contributed by atoms with Gasteiger partial charge in [-0.1, -0.05) is 57.3 Å². The zero-order valence-electron chi connectivity index (χ0n) is 11.6. The van der Waals surface area contributed by atoms with Crippen molar-refractivity contribution in [2.75, 3.05) is 7.11 Å². The molecule has 5 heteroatoms. The smallest absolute Gasteiger partial charge is 0.161 e. The Hall–Kier alpha value is -0.380. The van der Waals surface area contributed by atoms with Gasteiger partial charge in [-0.25, -0.2) is 9.97 Å². The number of halogens is 2. The van der Waals surface area contributed by atoms with Gasteiger partial charge in [0.1, 0.15) is 16.4 Å². The second kappa shape index (κ2) is 6.18. The lowest BCUT2D eigenvalue weighted by atomic mass is 9.88. The Labute approximate surface area is 119 Å². The molecule has 0 aromatic carbocycles. The number of rotatable bonds is 4. The summed E-state index contributed by atoms with van der Waals surface area (Å²) in [5, 5.41) is 0.858. The Morgan fingerprint density at radius 3 is 2.00 bits per heavy atom. The molecule has 0 saturated carbocycles. The van der Waals surface area contributed by atoms with E-state index in [1.807, 2.05) is 0 Å². The fourth-order valence-electron chi connectivity index (χ4n) is 1.87. The van der Waals surface area contributed by atoms with Crippen LogP contribution in [0.5, 0.6) is 0 Å². The Morgan fingerprint density at radius 1 is 1.17 bits per heavy atom. The lowest BCUT2D eigenvalue weighted by Gasteiger charge is -2.28. The van der Waals surface area contributed by atoms with Gasteiger partial charge in [0.2, 0.25) is 0 Å². The van der Waals surface area contributed by atoms with Gasteiger partial charge in [-0.2, -0.15) is 0 Å². The van der Waals surface area contributed by atoms with Crippen LogP contribution >= 0.6 is 23.2 Å². The first-order valence-electron chi connectivity index (χ1n) is 6.05. The lowest BCUT2D eigenvalue weighted by molar-refractivity contribution is 0.00864. The van der Waals surface area contributed by atoms with E-state index in [0.717, 1.165) is 18.4 Å². The van der Waals surface area contributed by atoms with Crippen LogP contribution in [-0.4, -0.2) is 17.1 Å². The van der Waals surface area contributed by atoms with E-state index in [2.05, 4.69) is 37.7 Å². The van der Waals surface area contributed by atoms with Crippen molar-refractivity contribution in [3.8, 4) is 0 Å². The maximum absolute atomic E-state index is 6.17. The van der Waals surface area contributed by atoms with Gasteiger partial charge in [-0.05, 0) is 11.8 Å². The van der Waals surface area contributed by atoms with Crippen LogP contribution in [-0.2, 0) is 11.2 Å². The highest BCUT2D eigenvalue weighted by Gasteiger charge is 2.29. The molecular weight excluding hydrogens is 271 g/mol. The van der Waals surface area contributed by atoms with Crippen molar-refractivity contribution in [1.82, 2.24) is 9.97 Å². The van der Waals surface area contributed by atoms with Crippen LogP contribution in [0.1, 0.15) is 51.6 Å². The summed E-state index contributed by atoms with van der Waals surface area (Å²) in [6, 6.07) is 0. The Balaban J connectivity index is 3.20. The molecule has 18 heavy (non-hydrogen) atoms. The average molecular weight is 291 g/mol. The predicted octanol–water partition coefficient (Wildman–Crippen LogP) is 4.47. The lowest BCUT2D eigenvalue weighted by Crippen LogP contribution is -2.22. The standard InChI is InChI=1S/C13H20Cl2N2O/c1-6-7-8-10(14)16-12(17-11(8)15)9(18-5)13(2,3)4/h9H,6-7H2,1-5H3. The fraction of sp³-hybridized carbons (Fsp3) is 0.692. The van der Waals surface area contributed by atoms with Crippen molar-refractivity contribution in [3.05, 3.63) is 21.7 Å². The first kappa shape index (κ1) is 15.7. The molecule has 3 nitrogen and oxygen atoms in total. The number of hydrogen-bond donors (Lipinski definition) is 0. The number of aromatic nitrogens is 2. The molecule has 0 radical (unpaired) electrons. The maximum Gasteiger partial charge on any atom is 0.161 e. The van der Waals surface area contributed by atoms with E-state index in [4.69, 9.17) is 27.9 Å². The molecule has 1 atom stereocenters. The van der Waals surface area contributed by atoms with Crippen LogP contribution in [0, 0.1) is 5.41 Å². The highest BCUT2D eigenvalue weighted by atomic mass is 35.5. The molecule has 1 aromatic heterocycles. The van der Waals surface area contributed by atoms with E-state index in [0.29, 0.717) is 16.1 Å². The van der Waals surface area contributed by atoms with Crippen LogP contribution in [0.3, 0.4) is 0 Å². The van der Waals surface area contributed by atoms with Crippen molar-refractivity contribution in [1.29, 1.82) is 0 Å². The molecule has 0 aliphatic heterocycles. The predicted molar refractivity (Wildman–Crippen MR) is 75.3 cm³/mol. The average Bonchev–Trinajstić information content (AvgIpc) is 2.22. The third kappa shape index (κ3) is 3.56. The van der Waals surface area contributed by atoms with Crippen molar-refractivity contribution in [2.24, 2.45) is 5.41 Å². The second-order valence-electron chi connectivity index (χ2n) is 5.37. The second-order valence-corrected chi connectivity index (χ2v) is 6.09. The summed E-state index contributed by atoms with van der Waals surface area (Å²) in [6.45, 7) is 8.25. The summed E-state index contributed by atoms with van der Waals surface area (Å²) >= 11 is 12.3. The third-order valence-electron chi connectivity index (χ3n) is 2.68. The fourth-order valence-corrected chi connectivity index (χ4v) is 2.46. The quantitative estimate of drug-likeness (QED) is 0.768. The molecule has 1 rings (SSSR count). The summed E-state index contributed by atoms with van der Waals surface area (Å²) in [5.41, 5.74) is 0.696. The van der Waals surface area contributed by atoms with E-state index in [9.17, 15) is 0 Å².